The number of sulfonamides is 1. The van der Waals surface area contributed by atoms with Crippen molar-refractivity contribution in [1.82, 2.24) is 14.3 Å². The number of aryl methyl sites for hydroxylation is 1. The van der Waals surface area contributed by atoms with Crippen LogP contribution < -0.4 is 10.5 Å². The van der Waals surface area contributed by atoms with Crippen molar-refractivity contribution < 1.29 is 13.2 Å². The minimum atomic E-state index is -4.08. The molecule has 1 unspecified atom stereocenters. The molecule has 112 valence electrons. The third kappa shape index (κ3) is 3.23. The number of nitrogens with two attached hydrogens (primary N) is 1. The standard InChI is InChI=1S/C12H13ClN4O3S/c1-17-7-15-12(10(17)13)21(19,20)16-9(11(14)18)8-5-3-2-4-6-8/h2-7,9,16H,1H3,(H2,14,18). The van der Waals surface area contributed by atoms with Gasteiger partial charge in [0.2, 0.25) is 10.9 Å². The van der Waals surface area contributed by atoms with Crippen LogP contribution in [0.25, 0.3) is 0 Å². The maximum atomic E-state index is 12.3. The van der Waals surface area contributed by atoms with Crippen molar-refractivity contribution in [3.05, 3.63) is 47.4 Å². The summed E-state index contributed by atoms with van der Waals surface area (Å²) in [5, 5.41) is -0.410. The highest BCUT2D eigenvalue weighted by Crippen LogP contribution is 2.21. The van der Waals surface area contributed by atoms with E-state index in [4.69, 9.17) is 17.3 Å². The van der Waals surface area contributed by atoms with Gasteiger partial charge in [0, 0.05) is 7.05 Å². The first-order chi connectivity index (χ1) is 9.83. The van der Waals surface area contributed by atoms with E-state index in [1.54, 1.807) is 37.4 Å². The number of nitrogens with one attached hydrogen (secondary N) is 1. The minimum absolute atomic E-state index is 0.0567. The second-order valence-corrected chi connectivity index (χ2v) is 6.31. The normalized spacial score (nSPS) is 13.0. The van der Waals surface area contributed by atoms with Gasteiger partial charge in [-0.2, -0.15) is 4.72 Å². The molecule has 1 atom stereocenters. The Morgan fingerprint density at radius 3 is 2.48 bits per heavy atom. The summed E-state index contributed by atoms with van der Waals surface area (Å²) in [6.45, 7) is 0. The highest BCUT2D eigenvalue weighted by Gasteiger charge is 2.29. The maximum Gasteiger partial charge on any atom is 0.262 e. The molecule has 0 saturated heterocycles. The molecule has 21 heavy (non-hydrogen) atoms. The van der Waals surface area contributed by atoms with Gasteiger partial charge in [-0.1, -0.05) is 41.9 Å². The van der Waals surface area contributed by atoms with E-state index in [1.165, 1.54) is 10.9 Å². The van der Waals surface area contributed by atoms with Crippen LogP contribution in [0.3, 0.4) is 0 Å². The van der Waals surface area contributed by atoms with Crippen molar-refractivity contribution >= 4 is 27.5 Å². The van der Waals surface area contributed by atoms with Gasteiger partial charge in [0.25, 0.3) is 10.0 Å². The zero-order chi connectivity index (χ0) is 15.6. The number of imidazole rings is 1. The lowest BCUT2D eigenvalue weighted by Gasteiger charge is -2.15. The fourth-order valence-corrected chi connectivity index (χ4v) is 3.34. The molecule has 0 aliphatic carbocycles. The summed E-state index contributed by atoms with van der Waals surface area (Å²) in [4.78, 5) is 15.3. The van der Waals surface area contributed by atoms with E-state index in [1.807, 2.05) is 0 Å². The van der Waals surface area contributed by atoms with Gasteiger partial charge in [0.1, 0.15) is 11.2 Å². The van der Waals surface area contributed by atoms with Crippen molar-refractivity contribution in [1.29, 1.82) is 0 Å². The Morgan fingerprint density at radius 1 is 1.38 bits per heavy atom. The number of carbonyl (C=O) groups is 1. The first-order valence-electron chi connectivity index (χ1n) is 5.86. The van der Waals surface area contributed by atoms with Crippen molar-refractivity contribution in [2.45, 2.75) is 11.1 Å². The van der Waals surface area contributed by atoms with E-state index >= 15 is 0 Å². The zero-order valence-electron chi connectivity index (χ0n) is 11.0. The Hall–Kier alpha value is -1.90. The molecule has 1 aromatic heterocycles. The molecule has 3 N–H and O–H groups in total. The van der Waals surface area contributed by atoms with Gasteiger partial charge in [-0.15, -0.1) is 0 Å². The molecule has 2 aromatic rings. The number of hydrogen-bond donors (Lipinski definition) is 2. The molecule has 1 aromatic carbocycles. The van der Waals surface area contributed by atoms with Gasteiger partial charge >= 0.3 is 0 Å². The first kappa shape index (κ1) is 15.5. The van der Waals surface area contributed by atoms with Gasteiger partial charge in [0.05, 0.1) is 6.33 Å². The molecule has 1 heterocycles. The number of rotatable bonds is 5. The molecular formula is C12H13ClN4O3S. The number of primary amides is 1. The maximum absolute atomic E-state index is 12.3. The second-order valence-electron chi connectivity index (χ2n) is 4.32. The molecule has 0 saturated carbocycles. The van der Waals surface area contributed by atoms with Crippen LogP contribution >= 0.6 is 11.6 Å². The van der Waals surface area contributed by atoms with Gasteiger partial charge < -0.3 is 10.3 Å². The average Bonchev–Trinajstić information content (AvgIpc) is 2.78. The summed E-state index contributed by atoms with van der Waals surface area (Å²) in [5.41, 5.74) is 5.70. The van der Waals surface area contributed by atoms with Crippen LogP contribution in [-0.2, 0) is 21.9 Å². The molecule has 0 fully saturated rings. The summed E-state index contributed by atoms with van der Waals surface area (Å²) < 4.78 is 28.1. The monoisotopic (exact) mass is 328 g/mol. The number of benzene rings is 1. The van der Waals surface area contributed by atoms with E-state index in [9.17, 15) is 13.2 Å². The SMILES string of the molecule is Cn1cnc(S(=O)(=O)NC(C(N)=O)c2ccccc2)c1Cl. The number of aromatic nitrogens is 2. The van der Waals surface area contributed by atoms with Crippen LogP contribution in [-0.4, -0.2) is 23.9 Å². The largest absolute Gasteiger partial charge is 0.368 e. The molecule has 0 aliphatic heterocycles. The molecule has 0 spiro atoms. The Morgan fingerprint density at radius 2 is 2.00 bits per heavy atom. The Bertz CT molecular complexity index is 758. The third-order valence-corrected chi connectivity index (χ3v) is 4.69. The van der Waals surface area contributed by atoms with Crippen molar-refractivity contribution in [3.8, 4) is 0 Å². The van der Waals surface area contributed by atoms with Crippen LogP contribution in [0.5, 0.6) is 0 Å². The van der Waals surface area contributed by atoms with E-state index < -0.39 is 22.0 Å². The first-order valence-corrected chi connectivity index (χ1v) is 7.72. The Kier molecular flexibility index (Phi) is 4.31. The number of hydrogen-bond acceptors (Lipinski definition) is 4. The Balaban J connectivity index is 2.37. The number of amides is 1. The highest BCUT2D eigenvalue weighted by atomic mass is 35.5. The van der Waals surface area contributed by atoms with Crippen LogP contribution in [0.15, 0.2) is 41.7 Å². The summed E-state index contributed by atoms with van der Waals surface area (Å²) in [6, 6.07) is 7.08. The van der Waals surface area contributed by atoms with Gasteiger partial charge in [-0.25, -0.2) is 13.4 Å². The second kappa shape index (κ2) is 5.84. The van der Waals surface area contributed by atoms with Gasteiger partial charge in [-0.05, 0) is 5.56 Å². The van der Waals surface area contributed by atoms with Crippen LogP contribution in [0.2, 0.25) is 5.15 Å². The summed E-state index contributed by atoms with van der Waals surface area (Å²) in [7, 11) is -2.52. The molecule has 0 aliphatic rings. The number of nitrogens with zero attached hydrogens (tertiary/aromatic N) is 2. The highest BCUT2D eigenvalue weighted by molar-refractivity contribution is 7.89. The summed E-state index contributed by atoms with van der Waals surface area (Å²) in [5.74, 6) is -0.822. The fraction of sp³-hybridized carbons (Fsp3) is 0.167. The molecule has 7 nitrogen and oxygen atoms in total. The molecule has 0 radical (unpaired) electrons. The molecular weight excluding hydrogens is 316 g/mol. The quantitative estimate of drug-likeness (QED) is 0.837. The molecule has 0 bridgehead atoms. The topological polar surface area (TPSA) is 107 Å². The molecule has 1 amide bonds. The smallest absolute Gasteiger partial charge is 0.262 e. The average molecular weight is 329 g/mol. The minimum Gasteiger partial charge on any atom is -0.368 e. The molecule has 2 rings (SSSR count). The van der Waals surface area contributed by atoms with Crippen LogP contribution in [0, 0.1) is 0 Å². The number of halogens is 1. The lowest BCUT2D eigenvalue weighted by Crippen LogP contribution is -2.37. The summed E-state index contributed by atoms with van der Waals surface area (Å²) >= 11 is 5.87. The van der Waals surface area contributed by atoms with Crippen molar-refractivity contribution in [2.24, 2.45) is 12.8 Å². The van der Waals surface area contributed by atoms with Crippen LogP contribution in [0.4, 0.5) is 0 Å². The third-order valence-electron chi connectivity index (χ3n) is 2.78. The van der Waals surface area contributed by atoms with Crippen molar-refractivity contribution in [3.63, 3.8) is 0 Å². The summed E-state index contributed by atoms with van der Waals surface area (Å²) in [6.07, 6.45) is 1.26. The van der Waals surface area contributed by atoms with E-state index in [0.29, 0.717) is 5.56 Å². The zero-order valence-corrected chi connectivity index (χ0v) is 12.6. The lowest BCUT2D eigenvalue weighted by atomic mass is 10.1. The van der Waals surface area contributed by atoms with Crippen LogP contribution in [0.1, 0.15) is 11.6 Å². The Labute approximate surface area is 126 Å². The van der Waals surface area contributed by atoms with Gasteiger partial charge in [-0.3, -0.25) is 4.79 Å². The van der Waals surface area contributed by atoms with E-state index in [2.05, 4.69) is 9.71 Å². The molecule has 9 heteroatoms. The van der Waals surface area contributed by atoms with Crippen molar-refractivity contribution in [2.75, 3.05) is 0 Å². The number of carbonyl (C=O) groups excluding carboxylic acids is 1. The van der Waals surface area contributed by atoms with Gasteiger partial charge in [0.15, 0.2) is 0 Å². The van der Waals surface area contributed by atoms with E-state index in [0.717, 1.165) is 0 Å². The lowest BCUT2D eigenvalue weighted by molar-refractivity contribution is -0.119. The van der Waals surface area contributed by atoms with E-state index in [-0.39, 0.29) is 10.2 Å². The predicted molar refractivity (Wildman–Crippen MR) is 76.9 cm³/mol. The predicted octanol–water partition coefficient (Wildman–Crippen LogP) is 0.578. The fourth-order valence-electron chi connectivity index (χ4n) is 1.72.